The van der Waals surface area contributed by atoms with Crippen molar-refractivity contribution in [2.45, 2.75) is 72.1 Å². The summed E-state index contributed by atoms with van der Waals surface area (Å²) >= 11 is 0. The monoisotopic (exact) mass is 788 g/mol. The summed E-state index contributed by atoms with van der Waals surface area (Å²) in [6.07, 6.45) is 8.51. The van der Waals surface area contributed by atoms with Crippen LogP contribution in [0.1, 0.15) is 91.7 Å². The van der Waals surface area contributed by atoms with E-state index in [1.54, 1.807) is 0 Å². The molecule has 298 valence electrons. The van der Waals surface area contributed by atoms with E-state index in [9.17, 15) is 0 Å². The molecule has 0 bridgehead atoms. The van der Waals surface area contributed by atoms with Gasteiger partial charge in [0.2, 0.25) is 0 Å². The highest BCUT2D eigenvalue weighted by Gasteiger charge is 2.42. The van der Waals surface area contributed by atoms with Crippen LogP contribution in [0.4, 0.5) is 0 Å². The lowest BCUT2D eigenvalue weighted by atomic mass is 9.62. The number of aryl methyl sites for hydroxylation is 2. The summed E-state index contributed by atoms with van der Waals surface area (Å²) in [5, 5.41) is 5.31. The molecular weight excluding hydrogens is 737 g/mol. The van der Waals surface area contributed by atoms with Gasteiger partial charge in [-0.05, 0) is 161 Å². The van der Waals surface area contributed by atoms with Gasteiger partial charge >= 0.3 is 0 Å². The average molecular weight is 789 g/mol. The molecule has 4 atom stereocenters. The van der Waals surface area contributed by atoms with Gasteiger partial charge in [-0.3, -0.25) is 0 Å². The Morgan fingerprint density at radius 1 is 0.525 bits per heavy atom. The predicted molar refractivity (Wildman–Crippen MR) is 263 cm³/mol. The Morgan fingerprint density at radius 3 is 1.56 bits per heavy atom. The van der Waals surface area contributed by atoms with Crippen molar-refractivity contribution in [2.75, 3.05) is 0 Å². The van der Waals surface area contributed by atoms with Crippen LogP contribution in [0.15, 0.2) is 158 Å². The van der Waals surface area contributed by atoms with Crippen molar-refractivity contribution >= 4 is 49.3 Å². The first-order valence-corrected chi connectivity index (χ1v) is 22.1. The van der Waals surface area contributed by atoms with E-state index in [0.717, 1.165) is 5.70 Å². The summed E-state index contributed by atoms with van der Waals surface area (Å²) in [5.74, 6) is 1.15. The van der Waals surface area contributed by atoms with Crippen molar-refractivity contribution < 1.29 is 0 Å². The Bertz CT molecular complexity index is 3330. The smallest absolute Gasteiger partial charge is 0.0582 e. The molecule has 4 unspecified atom stereocenters. The van der Waals surface area contributed by atoms with Gasteiger partial charge in [-0.15, -0.1) is 0 Å². The first kappa shape index (κ1) is 37.4. The Kier molecular flexibility index (Phi) is 8.55. The lowest BCUT2D eigenvalue weighted by molar-refractivity contribution is 0.585. The van der Waals surface area contributed by atoms with Crippen molar-refractivity contribution in [3.05, 3.63) is 192 Å². The second kappa shape index (κ2) is 14.0. The molecule has 0 fully saturated rings. The first-order chi connectivity index (χ1) is 29.7. The molecule has 9 aromatic rings. The molecule has 61 heavy (non-hydrogen) atoms. The first-order valence-electron chi connectivity index (χ1n) is 22.1. The number of fused-ring (bicyclic) bond motifs is 8. The summed E-state index contributed by atoms with van der Waals surface area (Å²) in [6.45, 7) is 20.6. The summed E-state index contributed by atoms with van der Waals surface area (Å²) in [4.78, 5) is 0. The third kappa shape index (κ3) is 5.41. The van der Waals surface area contributed by atoms with Crippen LogP contribution in [-0.2, 0) is 0 Å². The van der Waals surface area contributed by atoms with E-state index in [1.165, 1.54) is 116 Å². The third-order valence-corrected chi connectivity index (χ3v) is 14.5. The van der Waals surface area contributed by atoms with Crippen LogP contribution in [-0.4, -0.2) is 9.13 Å². The minimum atomic E-state index is 0.275. The molecule has 2 aromatic heterocycles. The number of aromatic nitrogens is 2. The molecule has 0 spiro atoms. The van der Waals surface area contributed by atoms with Crippen LogP contribution in [0.3, 0.4) is 0 Å². The molecule has 2 nitrogen and oxygen atoms in total. The van der Waals surface area contributed by atoms with Crippen LogP contribution in [0.5, 0.6) is 0 Å². The second-order valence-corrected chi connectivity index (χ2v) is 18.0. The third-order valence-electron chi connectivity index (χ3n) is 14.5. The lowest BCUT2D eigenvalue weighted by Crippen LogP contribution is -2.24. The van der Waals surface area contributed by atoms with Gasteiger partial charge in [0.05, 0.1) is 22.1 Å². The van der Waals surface area contributed by atoms with Crippen LogP contribution >= 0.6 is 0 Å². The zero-order valence-corrected chi connectivity index (χ0v) is 36.3. The molecule has 2 aliphatic rings. The average Bonchev–Trinajstić information content (AvgIpc) is 3.78. The normalized spacial score (nSPS) is 18.5. The van der Waals surface area contributed by atoms with Crippen molar-refractivity contribution in [3.63, 3.8) is 0 Å². The van der Waals surface area contributed by atoms with Crippen molar-refractivity contribution in [3.8, 4) is 39.1 Å². The molecule has 0 saturated heterocycles. The quantitative estimate of drug-likeness (QED) is 0.149. The lowest BCUT2D eigenvalue weighted by Gasteiger charge is -2.42. The van der Waals surface area contributed by atoms with E-state index >= 15 is 0 Å². The molecule has 0 radical (unpaired) electrons. The van der Waals surface area contributed by atoms with Crippen LogP contribution in [0.2, 0.25) is 0 Å². The van der Waals surface area contributed by atoms with Crippen molar-refractivity contribution in [1.29, 1.82) is 0 Å². The summed E-state index contributed by atoms with van der Waals surface area (Å²) in [6, 6.07) is 48.4. The maximum Gasteiger partial charge on any atom is 0.0582 e. The fraction of sp³-hybridized carbons (Fsp3) is 0.186. The van der Waals surface area contributed by atoms with Gasteiger partial charge in [0, 0.05) is 32.9 Å². The molecule has 0 aliphatic heterocycles. The van der Waals surface area contributed by atoms with Crippen LogP contribution < -0.4 is 0 Å². The fourth-order valence-electron chi connectivity index (χ4n) is 11.1. The zero-order valence-electron chi connectivity index (χ0n) is 36.3. The number of rotatable bonds is 6. The van der Waals surface area contributed by atoms with E-state index in [2.05, 4.69) is 210 Å². The van der Waals surface area contributed by atoms with Gasteiger partial charge < -0.3 is 9.13 Å². The number of hydrogen-bond donors (Lipinski definition) is 0. The minimum absolute atomic E-state index is 0.275. The topological polar surface area (TPSA) is 9.86 Å². The van der Waals surface area contributed by atoms with Gasteiger partial charge in [0.1, 0.15) is 0 Å². The van der Waals surface area contributed by atoms with Gasteiger partial charge in [-0.25, -0.2) is 0 Å². The number of para-hydroxylation sites is 1. The Labute approximate surface area is 359 Å². The molecule has 2 heterocycles. The molecule has 2 aliphatic carbocycles. The standard InChI is InChI=1S/C59H52N2/c1-9-14-44(15-10-2)60-52-28-26-42(40-22-18-34(3)19-23-40)30-48(52)50-32-46-37(6)39(8)55-57-47(36(5)38(7)54(56(46)57)58(50)60)33-51-49-31-43(41-24-20-35(4)21-25-41)27-29-53(49)61(59(51)55)45-16-12-11-13-17-45/h9-33,36-39H,1H2,2-8H3/b15-10-,44-14+. The van der Waals surface area contributed by atoms with Crippen molar-refractivity contribution in [1.82, 2.24) is 9.13 Å². The number of nitrogens with zero attached hydrogens (tertiary/aromatic N) is 2. The number of hydrogen-bond acceptors (Lipinski definition) is 0. The zero-order chi connectivity index (χ0) is 41.8. The van der Waals surface area contributed by atoms with E-state index in [1.807, 2.05) is 6.08 Å². The minimum Gasteiger partial charge on any atom is -0.309 e. The fourth-order valence-corrected chi connectivity index (χ4v) is 11.1. The summed E-state index contributed by atoms with van der Waals surface area (Å²) in [5.41, 5.74) is 23.9. The Morgan fingerprint density at radius 2 is 1.02 bits per heavy atom. The van der Waals surface area contributed by atoms with E-state index in [0.29, 0.717) is 11.8 Å². The van der Waals surface area contributed by atoms with Gasteiger partial charge in [0.25, 0.3) is 0 Å². The second-order valence-electron chi connectivity index (χ2n) is 18.0. The van der Waals surface area contributed by atoms with Crippen molar-refractivity contribution in [2.24, 2.45) is 0 Å². The molecule has 0 amide bonds. The largest absolute Gasteiger partial charge is 0.309 e. The molecule has 0 N–H and O–H groups in total. The van der Waals surface area contributed by atoms with Gasteiger partial charge in [-0.2, -0.15) is 0 Å². The van der Waals surface area contributed by atoms with E-state index in [-0.39, 0.29) is 11.8 Å². The predicted octanol–water partition coefficient (Wildman–Crippen LogP) is 16.6. The SMILES string of the molecule is C=C/C=C(\C=C/C)n1c2ccc(-c3ccc(C)cc3)cc2c2cc3c4c(c21)C(C)C(C)c1cc2c5cc(-c6ccc(C)cc6)ccc5n(-c5ccccc5)c2c(c1-4)C(C)C3C. The maximum atomic E-state index is 4.19. The van der Waals surface area contributed by atoms with E-state index < -0.39 is 0 Å². The van der Waals surface area contributed by atoms with Gasteiger partial charge in [-0.1, -0.05) is 136 Å². The van der Waals surface area contributed by atoms with Crippen LogP contribution in [0, 0.1) is 13.8 Å². The number of benzene rings is 7. The Balaban J connectivity index is 1.29. The highest BCUT2D eigenvalue weighted by molar-refractivity contribution is 6.18. The molecular formula is C59H52N2. The highest BCUT2D eigenvalue weighted by atomic mass is 15.0. The maximum absolute atomic E-state index is 4.19. The van der Waals surface area contributed by atoms with Crippen LogP contribution in [0.25, 0.3) is 88.4 Å². The summed E-state index contributed by atoms with van der Waals surface area (Å²) in [7, 11) is 0. The highest BCUT2D eigenvalue weighted by Crippen LogP contribution is 2.61. The molecule has 7 aromatic carbocycles. The Hall–Kier alpha value is -6.64. The summed E-state index contributed by atoms with van der Waals surface area (Å²) < 4.78 is 5.12. The molecule has 0 saturated carbocycles. The van der Waals surface area contributed by atoms with Gasteiger partial charge in [0.15, 0.2) is 0 Å². The molecule has 2 heteroatoms. The molecule has 11 rings (SSSR count). The number of allylic oxidation sites excluding steroid dienone is 5. The van der Waals surface area contributed by atoms with E-state index in [4.69, 9.17) is 0 Å².